The lowest BCUT2D eigenvalue weighted by Gasteiger charge is -2.43. The Bertz CT molecular complexity index is 1540. The summed E-state index contributed by atoms with van der Waals surface area (Å²) in [5, 5.41) is 9.35. The molecule has 3 aliphatic rings. The van der Waals surface area contributed by atoms with Gasteiger partial charge in [0.1, 0.15) is 10.6 Å². The third-order valence-electron chi connectivity index (χ3n) is 9.08. The standard InChI is InChI=1S/C28H25F8NO5S/c29-19-5-7-20(8-6-19)43(41,42)25-11-12-37(23(38)16-1-2-17(13-16)24(39)40)22(25)10-3-15-14-18(4-9-21(15)25)26(30,27(31,32)33)28(34,35)36/h4-9,14,16-17,22H,1-3,10-13H2,(H,39,40)/t16-,17?,22+,25+/m0/s1. The highest BCUT2D eigenvalue weighted by Crippen LogP contribution is 2.57. The second kappa shape index (κ2) is 10.2. The molecule has 2 fully saturated rings. The largest absolute Gasteiger partial charge is 0.481 e. The number of fused-ring (bicyclic) bond motifs is 3. The number of aliphatic carboxylic acids is 1. The first-order chi connectivity index (χ1) is 19.9. The number of carboxylic acids is 1. The molecule has 2 aromatic rings. The van der Waals surface area contributed by atoms with Crippen molar-refractivity contribution in [1.82, 2.24) is 4.90 Å². The molecule has 1 N–H and O–H groups in total. The molecular formula is C28H25F8NO5S. The fraction of sp³-hybridized carbons (Fsp3) is 0.500. The van der Waals surface area contributed by atoms with Crippen LogP contribution in [0, 0.1) is 17.7 Å². The number of halogens is 8. The number of amides is 1. The molecule has 4 atom stereocenters. The SMILES string of the molecule is O=C(O)C1CC[C@H](C(=O)N2CC[C@@]3(S(=O)(=O)c4ccc(F)cc4)c4ccc(C(F)(C(F)(F)F)C(F)(F)F)cc4CC[C@@H]23)C1. The third-order valence-corrected chi connectivity index (χ3v) is 11.6. The van der Waals surface area contributed by atoms with E-state index in [0.29, 0.717) is 6.07 Å². The molecule has 1 unspecified atom stereocenters. The summed E-state index contributed by atoms with van der Waals surface area (Å²) in [6.45, 7) is -0.155. The smallest absolute Gasteiger partial charge is 0.435 e. The summed E-state index contributed by atoms with van der Waals surface area (Å²) in [4.78, 5) is 26.0. The normalized spacial score (nSPS) is 26.2. The van der Waals surface area contributed by atoms with Gasteiger partial charge >= 0.3 is 24.0 Å². The predicted octanol–water partition coefficient (Wildman–Crippen LogP) is 5.83. The van der Waals surface area contributed by atoms with Gasteiger partial charge < -0.3 is 10.0 Å². The predicted molar refractivity (Wildman–Crippen MR) is 134 cm³/mol. The molecule has 1 heterocycles. The van der Waals surface area contributed by atoms with Crippen LogP contribution >= 0.6 is 0 Å². The van der Waals surface area contributed by atoms with E-state index in [-0.39, 0.29) is 67.2 Å². The summed E-state index contributed by atoms with van der Waals surface area (Å²) < 4.78 is 136. The van der Waals surface area contributed by atoms with Crippen molar-refractivity contribution >= 4 is 21.7 Å². The minimum absolute atomic E-state index is 0.0303. The van der Waals surface area contributed by atoms with Crippen molar-refractivity contribution in [3.63, 3.8) is 0 Å². The molecule has 234 valence electrons. The van der Waals surface area contributed by atoms with E-state index >= 15 is 0 Å². The first-order valence-electron chi connectivity index (χ1n) is 13.4. The Kier molecular flexibility index (Phi) is 7.37. The van der Waals surface area contributed by atoms with Gasteiger partial charge in [-0.05, 0) is 73.9 Å². The topological polar surface area (TPSA) is 91.8 Å². The number of aryl methyl sites for hydroxylation is 1. The number of carbonyl (C=O) groups excluding carboxylic acids is 1. The Hall–Kier alpha value is -3.23. The van der Waals surface area contributed by atoms with Gasteiger partial charge in [-0.2, -0.15) is 26.3 Å². The van der Waals surface area contributed by atoms with E-state index in [2.05, 4.69) is 0 Å². The molecule has 0 aromatic heterocycles. The van der Waals surface area contributed by atoms with Gasteiger partial charge in [0.15, 0.2) is 9.84 Å². The van der Waals surface area contributed by atoms with Crippen LogP contribution in [0.15, 0.2) is 47.4 Å². The summed E-state index contributed by atoms with van der Waals surface area (Å²) in [6.07, 6.45) is -13.0. The van der Waals surface area contributed by atoms with E-state index in [4.69, 9.17) is 0 Å². The first-order valence-corrected chi connectivity index (χ1v) is 14.8. The van der Waals surface area contributed by atoms with E-state index in [1.165, 1.54) is 4.90 Å². The highest BCUT2D eigenvalue weighted by Gasteiger charge is 2.74. The third kappa shape index (κ3) is 4.60. The van der Waals surface area contributed by atoms with Gasteiger partial charge in [-0.1, -0.05) is 18.2 Å². The van der Waals surface area contributed by atoms with Gasteiger partial charge in [-0.3, -0.25) is 9.59 Å². The molecule has 1 saturated carbocycles. The van der Waals surface area contributed by atoms with Gasteiger partial charge in [0.05, 0.1) is 16.9 Å². The van der Waals surface area contributed by atoms with E-state index in [1.54, 1.807) is 0 Å². The van der Waals surface area contributed by atoms with Crippen LogP contribution in [0.25, 0.3) is 0 Å². The van der Waals surface area contributed by atoms with Crippen molar-refractivity contribution in [3.05, 3.63) is 65.0 Å². The molecule has 0 radical (unpaired) electrons. The minimum atomic E-state index is -6.37. The first kappa shape index (κ1) is 31.2. The fourth-order valence-electron chi connectivity index (χ4n) is 6.98. The van der Waals surface area contributed by atoms with Gasteiger partial charge in [0.2, 0.25) is 5.91 Å². The van der Waals surface area contributed by atoms with E-state index in [0.717, 1.165) is 30.3 Å². The van der Waals surface area contributed by atoms with Crippen LogP contribution in [0.1, 0.15) is 48.8 Å². The van der Waals surface area contributed by atoms with Crippen LogP contribution in [0.3, 0.4) is 0 Å². The molecule has 1 aliphatic heterocycles. The lowest BCUT2D eigenvalue weighted by molar-refractivity contribution is -0.348. The zero-order valence-electron chi connectivity index (χ0n) is 22.2. The number of alkyl halides is 7. The number of carboxylic acid groups (broad SMARTS) is 1. The van der Waals surface area contributed by atoms with E-state index in [1.807, 2.05) is 0 Å². The Morgan fingerprint density at radius 2 is 1.49 bits per heavy atom. The summed E-state index contributed by atoms with van der Waals surface area (Å²) in [5.41, 5.74) is -7.91. The highest BCUT2D eigenvalue weighted by molar-refractivity contribution is 7.92. The van der Waals surface area contributed by atoms with Gasteiger partial charge in [-0.25, -0.2) is 17.2 Å². The lowest BCUT2D eigenvalue weighted by atomic mass is 9.76. The Labute approximate surface area is 240 Å². The van der Waals surface area contributed by atoms with Crippen molar-refractivity contribution in [2.75, 3.05) is 6.54 Å². The molecule has 0 spiro atoms. The van der Waals surface area contributed by atoms with Crippen molar-refractivity contribution < 1.29 is 58.2 Å². The average molecular weight is 640 g/mol. The fourth-order valence-corrected chi connectivity index (χ4v) is 9.35. The minimum Gasteiger partial charge on any atom is -0.481 e. The second-order valence-electron chi connectivity index (χ2n) is 11.3. The molecule has 2 aromatic carbocycles. The van der Waals surface area contributed by atoms with Crippen molar-refractivity contribution in [3.8, 4) is 0 Å². The number of carbonyl (C=O) groups is 2. The number of sulfone groups is 1. The Morgan fingerprint density at radius 3 is 2.05 bits per heavy atom. The summed E-state index contributed by atoms with van der Waals surface area (Å²) in [5.74, 6) is -3.83. The zero-order chi connectivity index (χ0) is 31.8. The Balaban J connectivity index is 1.65. The number of rotatable bonds is 5. The van der Waals surface area contributed by atoms with Crippen LogP contribution in [0.5, 0.6) is 0 Å². The van der Waals surface area contributed by atoms with Crippen LogP contribution < -0.4 is 0 Å². The van der Waals surface area contributed by atoms with E-state index in [9.17, 15) is 58.2 Å². The number of likely N-dealkylation sites (tertiary alicyclic amines) is 1. The van der Waals surface area contributed by atoms with Crippen molar-refractivity contribution in [1.29, 1.82) is 0 Å². The molecule has 1 amide bonds. The summed E-state index contributed by atoms with van der Waals surface area (Å²) in [7, 11) is -4.60. The number of nitrogens with zero attached hydrogens (tertiary/aromatic N) is 1. The summed E-state index contributed by atoms with van der Waals surface area (Å²) >= 11 is 0. The maximum Gasteiger partial charge on any atom is 0.435 e. The van der Waals surface area contributed by atoms with Gasteiger partial charge in [0.25, 0.3) is 0 Å². The molecule has 2 aliphatic carbocycles. The zero-order valence-corrected chi connectivity index (χ0v) is 23.0. The molecule has 15 heteroatoms. The van der Waals surface area contributed by atoms with Gasteiger partial charge in [-0.15, -0.1) is 0 Å². The number of hydrogen-bond acceptors (Lipinski definition) is 4. The van der Waals surface area contributed by atoms with Crippen molar-refractivity contribution in [2.24, 2.45) is 11.8 Å². The quantitative estimate of drug-likeness (QED) is 0.329. The van der Waals surface area contributed by atoms with Crippen LogP contribution in [-0.4, -0.2) is 55.2 Å². The molecule has 6 nitrogen and oxygen atoms in total. The van der Waals surface area contributed by atoms with Crippen LogP contribution in [0.4, 0.5) is 35.1 Å². The second-order valence-corrected chi connectivity index (χ2v) is 13.5. The van der Waals surface area contributed by atoms with Crippen LogP contribution in [0.2, 0.25) is 0 Å². The average Bonchev–Trinajstić information content (AvgIpc) is 3.58. The number of hydrogen-bond donors (Lipinski definition) is 1. The van der Waals surface area contributed by atoms with Gasteiger partial charge in [0, 0.05) is 18.0 Å². The molecule has 1 saturated heterocycles. The summed E-state index contributed by atoms with van der Waals surface area (Å²) in [6, 6.07) is 3.95. The van der Waals surface area contributed by atoms with E-state index < -0.39 is 73.7 Å². The Morgan fingerprint density at radius 1 is 0.884 bits per heavy atom. The molecular weight excluding hydrogens is 614 g/mol. The lowest BCUT2D eigenvalue weighted by Crippen LogP contribution is -2.53. The van der Waals surface area contributed by atoms with Crippen molar-refractivity contribution in [2.45, 2.75) is 72.2 Å². The monoisotopic (exact) mass is 639 g/mol. The maximum atomic E-state index is 14.9. The number of benzene rings is 2. The highest BCUT2D eigenvalue weighted by atomic mass is 32.2. The molecule has 43 heavy (non-hydrogen) atoms. The maximum absolute atomic E-state index is 14.9. The molecule has 0 bridgehead atoms. The molecule has 5 rings (SSSR count). The van der Waals surface area contributed by atoms with Crippen LogP contribution in [-0.2, 0) is 36.3 Å².